The number of benzene rings is 1. The first kappa shape index (κ1) is 15.8. The zero-order valence-electron chi connectivity index (χ0n) is 12.4. The number of hydrogen-bond donors (Lipinski definition) is 2. The van der Waals surface area contributed by atoms with Crippen LogP contribution in [0.3, 0.4) is 0 Å². The summed E-state index contributed by atoms with van der Waals surface area (Å²) in [6.07, 6.45) is 1.09. The number of H-pyrrole nitrogens is 1. The smallest absolute Gasteiger partial charge is 0.251 e. The van der Waals surface area contributed by atoms with Gasteiger partial charge in [0.05, 0.1) is 0 Å². The highest BCUT2D eigenvalue weighted by atomic mass is 32.2. The van der Waals surface area contributed by atoms with Gasteiger partial charge in [0.2, 0.25) is 0 Å². The first-order valence-electron chi connectivity index (χ1n) is 7.18. The number of aromatic amines is 1. The number of aromatic nitrogens is 2. The summed E-state index contributed by atoms with van der Waals surface area (Å²) in [5.41, 5.74) is 1.91. The van der Waals surface area contributed by atoms with E-state index < -0.39 is 0 Å². The molecule has 4 nitrogen and oxygen atoms in total. The van der Waals surface area contributed by atoms with Crippen LogP contribution in [0.4, 0.5) is 0 Å². The first-order valence-corrected chi connectivity index (χ1v) is 8.16. The molecule has 1 aromatic carbocycles. The lowest BCUT2D eigenvalue weighted by Gasteiger charge is -2.18. The van der Waals surface area contributed by atoms with Gasteiger partial charge in [0, 0.05) is 23.6 Å². The van der Waals surface area contributed by atoms with Crippen LogP contribution in [-0.4, -0.2) is 22.3 Å². The van der Waals surface area contributed by atoms with Gasteiger partial charge in [-0.3, -0.25) is 4.79 Å². The van der Waals surface area contributed by atoms with E-state index in [1.807, 2.05) is 25.1 Å². The second-order valence-corrected chi connectivity index (χ2v) is 5.93. The van der Waals surface area contributed by atoms with Gasteiger partial charge >= 0.3 is 0 Å². The van der Waals surface area contributed by atoms with Gasteiger partial charge in [0.25, 0.3) is 5.56 Å². The van der Waals surface area contributed by atoms with Gasteiger partial charge in [-0.05, 0) is 25.5 Å². The number of aryl methyl sites for hydroxylation is 1. The highest BCUT2D eigenvalue weighted by molar-refractivity contribution is 7.99. The molecule has 0 saturated carbocycles. The maximum atomic E-state index is 11.5. The van der Waals surface area contributed by atoms with E-state index in [0.29, 0.717) is 5.16 Å². The molecule has 2 aromatic rings. The minimum absolute atomic E-state index is 0.0946. The summed E-state index contributed by atoms with van der Waals surface area (Å²) < 4.78 is 0. The summed E-state index contributed by atoms with van der Waals surface area (Å²) >= 11 is 1.57. The average molecular weight is 303 g/mol. The Labute approximate surface area is 129 Å². The van der Waals surface area contributed by atoms with Crippen molar-refractivity contribution in [2.24, 2.45) is 0 Å². The lowest BCUT2D eigenvalue weighted by Crippen LogP contribution is -2.24. The van der Waals surface area contributed by atoms with Crippen molar-refractivity contribution < 1.29 is 0 Å². The van der Waals surface area contributed by atoms with Crippen LogP contribution >= 0.6 is 11.8 Å². The monoisotopic (exact) mass is 303 g/mol. The summed E-state index contributed by atoms with van der Waals surface area (Å²) in [5, 5.41) is 4.22. The second-order valence-electron chi connectivity index (χ2n) is 4.92. The Morgan fingerprint density at radius 2 is 2.10 bits per heavy atom. The Morgan fingerprint density at radius 1 is 1.33 bits per heavy atom. The SMILES string of the molecule is CCCNC(CSc1nc(C)cc(=O)[nH]1)c1ccccc1. The van der Waals surface area contributed by atoms with Crippen LogP contribution < -0.4 is 10.9 Å². The Balaban J connectivity index is 2.06. The van der Waals surface area contributed by atoms with Gasteiger partial charge in [0.15, 0.2) is 5.16 Å². The topological polar surface area (TPSA) is 57.8 Å². The summed E-state index contributed by atoms with van der Waals surface area (Å²) in [6, 6.07) is 12.1. The lowest BCUT2D eigenvalue weighted by atomic mass is 10.1. The fraction of sp³-hybridized carbons (Fsp3) is 0.375. The minimum atomic E-state index is -0.0946. The van der Waals surface area contributed by atoms with Gasteiger partial charge in [-0.2, -0.15) is 0 Å². The van der Waals surface area contributed by atoms with Gasteiger partial charge in [-0.25, -0.2) is 4.98 Å². The van der Waals surface area contributed by atoms with Crippen LogP contribution in [0.1, 0.15) is 30.6 Å². The van der Waals surface area contributed by atoms with Crippen LogP contribution in [-0.2, 0) is 0 Å². The zero-order chi connectivity index (χ0) is 15.1. The quantitative estimate of drug-likeness (QED) is 0.610. The van der Waals surface area contributed by atoms with E-state index in [9.17, 15) is 4.79 Å². The van der Waals surface area contributed by atoms with Gasteiger partial charge in [0.1, 0.15) is 0 Å². The van der Waals surface area contributed by atoms with E-state index >= 15 is 0 Å². The first-order chi connectivity index (χ1) is 10.2. The number of thioether (sulfide) groups is 1. The van der Waals surface area contributed by atoms with Crippen molar-refractivity contribution in [3.8, 4) is 0 Å². The van der Waals surface area contributed by atoms with Crippen molar-refractivity contribution in [3.05, 3.63) is 58.0 Å². The van der Waals surface area contributed by atoms with Crippen LogP contribution in [0.2, 0.25) is 0 Å². The third kappa shape index (κ3) is 5.02. The molecule has 1 heterocycles. The molecule has 1 atom stereocenters. The minimum Gasteiger partial charge on any atom is -0.309 e. The number of nitrogens with one attached hydrogen (secondary N) is 2. The number of rotatable bonds is 7. The maximum absolute atomic E-state index is 11.5. The van der Waals surface area contributed by atoms with E-state index in [1.165, 1.54) is 11.6 Å². The van der Waals surface area contributed by atoms with Crippen molar-refractivity contribution in [2.45, 2.75) is 31.5 Å². The molecule has 112 valence electrons. The Bertz CT molecular complexity index is 612. The normalized spacial score (nSPS) is 12.3. The van der Waals surface area contributed by atoms with Gasteiger partial charge in [-0.15, -0.1) is 0 Å². The molecule has 2 N–H and O–H groups in total. The molecular formula is C16H21N3OS. The molecular weight excluding hydrogens is 282 g/mol. The van der Waals surface area contributed by atoms with Crippen molar-refractivity contribution >= 4 is 11.8 Å². The molecule has 5 heteroatoms. The molecule has 0 amide bonds. The highest BCUT2D eigenvalue weighted by Crippen LogP contribution is 2.21. The number of nitrogens with zero attached hydrogens (tertiary/aromatic N) is 1. The third-order valence-electron chi connectivity index (χ3n) is 3.08. The van der Waals surface area contributed by atoms with E-state index in [-0.39, 0.29) is 11.6 Å². The Kier molecular flexibility index (Phi) is 6.02. The van der Waals surface area contributed by atoms with Crippen molar-refractivity contribution in [2.75, 3.05) is 12.3 Å². The van der Waals surface area contributed by atoms with Crippen LogP contribution in [0.15, 0.2) is 46.3 Å². The molecule has 0 saturated heterocycles. The molecule has 0 aliphatic rings. The molecule has 0 radical (unpaired) electrons. The second kappa shape index (κ2) is 8.00. The van der Waals surface area contributed by atoms with Crippen LogP contribution in [0.5, 0.6) is 0 Å². The Hall–Kier alpha value is -1.59. The Morgan fingerprint density at radius 3 is 2.76 bits per heavy atom. The molecule has 0 aliphatic carbocycles. The van der Waals surface area contributed by atoms with E-state index in [0.717, 1.165) is 24.4 Å². The average Bonchev–Trinajstić information content (AvgIpc) is 2.47. The summed E-state index contributed by atoms with van der Waals surface area (Å²) in [4.78, 5) is 18.6. The molecule has 0 fully saturated rings. The van der Waals surface area contributed by atoms with E-state index in [1.54, 1.807) is 11.8 Å². The van der Waals surface area contributed by atoms with Crippen molar-refractivity contribution in [1.29, 1.82) is 0 Å². The fourth-order valence-electron chi connectivity index (χ4n) is 2.06. The predicted molar refractivity (Wildman–Crippen MR) is 87.8 cm³/mol. The summed E-state index contributed by atoms with van der Waals surface area (Å²) in [7, 11) is 0. The predicted octanol–water partition coefficient (Wildman–Crippen LogP) is 2.91. The summed E-state index contributed by atoms with van der Waals surface area (Å²) in [6.45, 7) is 4.96. The highest BCUT2D eigenvalue weighted by Gasteiger charge is 2.11. The van der Waals surface area contributed by atoms with Crippen LogP contribution in [0, 0.1) is 6.92 Å². The molecule has 21 heavy (non-hydrogen) atoms. The van der Waals surface area contributed by atoms with Crippen molar-refractivity contribution in [1.82, 2.24) is 15.3 Å². The van der Waals surface area contributed by atoms with Crippen molar-refractivity contribution in [3.63, 3.8) is 0 Å². The maximum Gasteiger partial charge on any atom is 0.251 e. The lowest BCUT2D eigenvalue weighted by molar-refractivity contribution is 0.577. The van der Waals surface area contributed by atoms with E-state index in [2.05, 4.69) is 34.3 Å². The molecule has 1 unspecified atom stereocenters. The third-order valence-corrected chi connectivity index (χ3v) is 4.04. The fourth-order valence-corrected chi connectivity index (χ4v) is 3.08. The van der Waals surface area contributed by atoms with Gasteiger partial charge in [-0.1, -0.05) is 49.0 Å². The van der Waals surface area contributed by atoms with E-state index in [4.69, 9.17) is 0 Å². The molecule has 0 aliphatic heterocycles. The van der Waals surface area contributed by atoms with Gasteiger partial charge < -0.3 is 10.3 Å². The largest absolute Gasteiger partial charge is 0.309 e. The standard InChI is InChI=1S/C16H21N3OS/c1-3-9-17-14(13-7-5-4-6-8-13)11-21-16-18-12(2)10-15(20)19-16/h4-8,10,14,17H,3,9,11H2,1-2H3,(H,18,19,20). The molecule has 0 spiro atoms. The van der Waals surface area contributed by atoms with Crippen LogP contribution in [0.25, 0.3) is 0 Å². The zero-order valence-corrected chi connectivity index (χ0v) is 13.2. The molecule has 1 aromatic heterocycles. The number of hydrogen-bond acceptors (Lipinski definition) is 4. The molecule has 0 bridgehead atoms. The molecule has 2 rings (SSSR count). The summed E-state index contributed by atoms with van der Waals surface area (Å²) in [5.74, 6) is 0.830.